The van der Waals surface area contributed by atoms with Crippen LogP contribution in [0.4, 0.5) is 5.82 Å². The van der Waals surface area contributed by atoms with Crippen LogP contribution in [0.25, 0.3) is 22.3 Å². The van der Waals surface area contributed by atoms with Gasteiger partial charge in [-0.05, 0) is 36.8 Å². The summed E-state index contributed by atoms with van der Waals surface area (Å²) in [5.74, 6) is 1.57. The van der Waals surface area contributed by atoms with Crippen molar-refractivity contribution >= 4 is 16.7 Å². The molecule has 0 radical (unpaired) electrons. The summed E-state index contributed by atoms with van der Waals surface area (Å²) in [6.45, 7) is 2.04. The summed E-state index contributed by atoms with van der Waals surface area (Å²) in [7, 11) is 3.91. The van der Waals surface area contributed by atoms with Gasteiger partial charge in [-0.25, -0.2) is 9.97 Å². The molecular formula is C17H17N3O. The molecule has 2 aromatic carbocycles. The van der Waals surface area contributed by atoms with Crippen molar-refractivity contribution in [1.82, 2.24) is 9.97 Å². The third kappa shape index (κ3) is 2.40. The third-order valence-electron chi connectivity index (χ3n) is 3.40. The Morgan fingerprint density at radius 2 is 1.76 bits per heavy atom. The van der Waals surface area contributed by atoms with Gasteiger partial charge in [-0.3, -0.25) is 0 Å². The fourth-order valence-corrected chi connectivity index (χ4v) is 2.35. The van der Waals surface area contributed by atoms with Gasteiger partial charge in [0.2, 0.25) is 0 Å². The molecule has 0 aliphatic heterocycles. The van der Waals surface area contributed by atoms with E-state index in [1.807, 2.05) is 50.2 Å². The molecule has 0 aliphatic rings. The molecule has 4 nitrogen and oxygen atoms in total. The lowest BCUT2D eigenvalue weighted by atomic mass is 10.1. The zero-order valence-corrected chi connectivity index (χ0v) is 12.3. The van der Waals surface area contributed by atoms with Gasteiger partial charge in [0.1, 0.15) is 11.6 Å². The lowest BCUT2D eigenvalue weighted by molar-refractivity contribution is 0.477. The van der Waals surface area contributed by atoms with E-state index in [4.69, 9.17) is 0 Å². The predicted octanol–water partition coefficient (Wildman–Crippen LogP) is 3.38. The van der Waals surface area contributed by atoms with E-state index in [9.17, 15) is 5.11 Å². The SMILES string of the molecule is Cc1ccc2c(N(C)C)nc(-c3ccccc3O)nc2c1. The Labute approximate surface area is 123 Å². The minimum absolute atomic E-state index is 0.189. The van der Waals surface area contributed by atoms with Crippen LogP contribution in [0.1, 0.15) is 5.56 Å². The molecule has 3 aromatic rings. The maximum atomic E-state index is 10.0. The molecule has 0 saturated heterocycles. The van der Waals surface area contributed by atoms with Gasteiger partial charge < -0.3 is 10.0 Å². The fraction of sp³-hybridized carbons (Fsp3) is 0.176. The first-order valence-corrected chi connectivity index (χ1v) is 6.80. The molecule has 0 fully saturated rings. The molecule has 0 unspecified atom stereocenters. The van der Waals surface area contributed by atoms with Crippen LogP contribution in [0.15, 0.2) is 42.5 Å². The summed E-state index contributed by atoms with van der Waals surface area (Å²) in [5, 5.41) is 11.0. The number of aromatic hydroxyl groups is 1. The highest BCUT2D eigenvalue weighted by Gasteiger charge is 2.13. The second-order valence-electron chi connectivity index (χ2n) is 5.30. The van der Waals surface area contributed by atoms with Crippen molar-refractivity contribution in [1.29, 1.82) is 0 Å². The Kier molecular flexibility index (Phi) is 3.22. The zero-order chi connectivity index (χ0) is 15.0. The predicted molar refractivity (Wildman–Crippen MR) is 85.7 cm³/mol. The summed E-state index contributed by atoms with van der Waals surface area (Å²) < 4.78 is 0. The van der Waals surface area contributed by atoms with Crippen LogP contribution in [-0.4, -0.2) is 29.2 Å². The lowest BCUT2D eigenvalue weighted by Crippen LogP contribution is -2.12. The Morgan fingerprint density at radius 3 is 2.48 bits per heavy atom. The smallest absolute Gasteiger partial charge is 0.165 e. The van der Waals surface area contributed by atoms with Crippen molar-refractivity contribution in [2.45, 2.75) is 6.92 Å². The second-order valence-corrected chi connectivity index (χ2v) is 5.30. The molecule has 0 amide bonds. The Balaban J connectivity index is 2.32. The Bertz CT molecular complexity index is 812. The quantitative estimate of drug-likeness (QED) is 0.781. The molecule has 106 valence electrons. The van der Waals surface area contributed by atoms with Crippen LogP contribution < -0.4 is 4.90 Å². The molecule has 0 bridgehead atoms. The monoisotopic (exact) mass is 279 g/mol. The number of phenolic OH excluding ortho intramolecular Hbond substituents is 1. The highest BCUT2D eigenvalue weighted by molar-refractivity contribution is 5.91. The van der Waals surface area contributed by atoms with Gasteiger partial charge in [-0.15, -0.1) is 0 Å². The third-order valence-corrected chi connectivity index (χ3v) is 3.40. The number of aryl methyl sites for hydroxylation is 1. The summed E-state index contributed by atoms with van der Waals surface area (Å²) in [5.41, 5.74) is 2.67. The molecule has 0 atom stereocenters. The molecule has 4 heteroatoms. The van der Waals surface area contributed by atoms with Crippen molar-refractivity contribution in [2.24, 2.45) is 0 Å². The minimum atomic E-state index is 0.189. The average Bonchev–Trinajstić information content (AvgIpc) is 2.46. The van der Waals surface area contributed by atoms with Gasteiger partial charge in [0, 0.05) is 19.5 Å². The van der Waals surface area contributed by atoms with Crippen LogP contribution in [0.5, 0.6) is 5.75 Å². The van der Waals surface area contributed by atoms with Crippen LogP contribution in [-0.2, 0) is 0 Å². The minimum Gasteiger partial charge on any atom is -0.507 e. The van der Waals surface area contributed by atoms with Gasteiger partial charge in [0.15, 0.2) is 5.82 Å². The number of aromatic nitrogens is 2. The Morgan fingerprint density at radius 1 is 1.00 bits per heavy atom. The van der Waals surface area contributed by atoms with E-state index in [2.05, 4.69) is 16.0 Å². The molecule has 0 saturated carbocycles. The van der Waals surface area contributed by atoms with E-state index in [-0.39, 0.29) is 5.75 Å². The van der Waals surface area contributed by atoms with Crippen molar-refractivity contribution in [3.63, 3.8) is 0 Å². The molecule has 1 heterocycles. The van der Waals surface area contributed by atoms with Crippen molar-refractivity contribution in [3.05, 3.63) is 48.0 Å². The molecular weight excluding hydrogens is 262 g/mol. The maximum Gasteiger partial charge on any atom is 0.165 e. The van der Waals surface area contributed by atoms with E-state index < -0.39 is 0 Å². The summed E-state index contributed by atoms with van der Waals surface area (Å²) in [6.07, 6.45) is 0. The number of anilines is 1. The molecule has 1 N–H and O–H groups in total. The number of hydrogen-bond acceptors (Lipinski definition) is 4. The molecule has 0 aliphatic carbocycles. The first-order chi connectivity index (χ1) is 10.1. The van der Waals surface area contributed by atoms with Crippen LogP contribution in [0.3, 0.4) is 0 Å². The topological polar surface area (TPSA) is 49.2 Å². The lowest BCUT2D eigenvalue weighted by Gasteiger charge is -2.16. The number of rotatable bonds is 2. The number of nitrogens with zero attached hydrogens (tertiary/aromatic N) is 3. The first-order valence-electron chi connectivity index (χ1n) is 6.80. The van der Waals surface area contributed by atoms with Crippen LogP contribution in [0, 0.1) is 6.92 Å². The first kappa shape index (κ1) is 13.4. The number of benzene rings is 2. The van der Waals surface area contributed by atoms with Gasteiger partial charge in [0.25, 0.3) is 0 Å². The van der Waals surface area contributed by atoms with Crippen LogP contribution in [0.2, 0.25) is 0 Å². The van der Waals surface area contributed by atoms with Gasteiger partial charge >= 0.3 is 0 Å². The number of fused-ring (bicyclic) bond motifs is 1. The van der Waals surface area contributed by atoms with Gasteiger partial charge in [-0.1, -0.05) is 18.2 Å². The van der Waals surface area contributed by atoms with Gasteiger partial charge in [0.05, 0.1) is 11.1 Å². The number of para-hydroxylation sites is 1. The summed E-state index contributed by atoms with van der Waals surface area (Å²) in [6, 6.07) is 13.3. The van der Waals surface area contributed by atoms with E-state index in [0.717, 1.165) is 22.3 Å². The summed E-state index contributed by atoms with van der Waals surface area (Å²) >= 11 is 0. The van der Waals surface area contributed by atoms with Crippen LogP contribution >= 0.6 is 0 Å². The fourth-order valence-electron chi connectivity index (χ4n) is 2.35. The standard InChI is InChI=1S/C17H17N3O/c1-11-8-9-12-14(10-11)18-16(19-17(12)20(2)3)13-6-4-5-7-15(13)21/h4-10,21H,1-3H3. The molecule has 0 spiro atoms. The number of hydrogen-bond donors (Lipinski definition) is 1. The van der Waals surface area contributed by atoms with E-state index in [0.29, 0.717) is 11.4 Å². The molecule has 1 aromatic heterocycles. The van der Waals surface area contributed by atoms with Crippen molar-refractivity contribution in [2.75, 3.05) is 19.0 Å². The highest BCUT2D eigenvalue weighted by atomic mass is 16.3. The van der Waals surface area contributed by atoms with Gasteiger partial charge in [-0.2, -0.15) is 0 Å². The Hall–Kier alpha value is -2.62. The normalized spacial score (nSPS) is 10.8. The van der Waals surface area contributed by atoms with Crippen molar-refractivity contribution in [3.8, 4) is 17.1 Å². The molecule has 21 heavy (non-hydrogen) atoms. The highest BCUT2D eigenvalue weighted by Crippen LogP contribution is 2.31. The van der Waals surface area contributed by atoms with E-state index in [1.165, 1.54) is 0 Å². The van der Waals surface area contributed by atoms with E-state index in [1.54, 1.807) is 12.1 Å². The average molecular weight is 279 g/mol. The number of phenols is 1. The maximum absolute atomic E-state index is 10.0. The molecule has 3 rings (SSSR count). The zero-order valence-electron chi connectivity index (χ0n) is 12.3. The van der Waals surface area contributed by atoms with Crippen molar-refractivity contribution < 1.29 is 5.11 Å². The van der Waals surface area contributed by atoms with E-state index >= 15 is 0 Å². The summed E-state index contributed by atoms with van der Waals surface area (Å²) in [4.78, 5) is 11.2. The largest absolute Gasteiger partial charge is 0.507 e. The second kappa shape index (κ2) is 5.05.